The number of imidazole rings is 1. The number of aromatic nitrogens is 5. The van der Waals surface area contributed by atoms with Crippen LogP contribution in [-0.4, -0.2) is 31.2 Å². The highest BCUT2D eigenvalue weighted by Crippen LogP contribution is 2.29. The van der Waals surface area contributed by atoms with Crippen LogP contribution < -0.4 is 10.3 Å². The van der Waals surface area contributed by atoms with Gasteiger partial charge in [0, 0.05) is 47.6 Å². The van der Waals surface area contributed by atoms with Gasteiger partial charge in [-0.3, -0.25) is 5.01 Å². The normalized spacial score (nSPS) is 10.7. The fourth-order valence-corrected chi connectivity index (χ4v) is 3.19. The number of hydrogen-bond donors (Lipinski definition) is 1. The molecule has 146 valence electrons. The highest BCUT2D eigenvalue weighted by Gasteiger charge is 2.16. The molecular weight excluding hydrogens is 386 g/mol. The lowest BCUT2D eigenvalue weighted by atomic mass is 10.1. The fraction of sp³-hybridized carbons (Fsp3) is 0.143. The summed E-state index contributed by atoms with van der Waals surface area (Å²) in [5.41, 5.74) is 2.51. The lowest BCUT2D eigenvalue weighted by molar-refractivity contribution is 0.665. The predicted octanol–water partition coefficient (Wildman–Crippen LogP) is 4.81. The topological polar surface area (TPSA) is 71.8 Å². The van der Waals surface area contributed by atoms with Crippen LogP contribution >= 0.6 is 11.6 Å². The van der Waals surface area contributed by atoms with Crippen LogP contribution in [0.5, 0.6) is 0 Å². The van der Waals surface area contributed by atoms with Gasteiger partial charge < -0.3 is 5.32 Å². The molecule has 0 bridgehead atoms. The summed E-state index contributed by atoms with van der Waals surface area (Å²) in [6.45, 7) is 2.92. The lowest BCUT2D eigenvalue weighted by Gasteiger charge is -2.25. The average Bonchev–Trinajstić information content (AvgIpc) is 3.27. The number of rotatable bonds is 7. The highest BCUT2D eigenvalue weighted by molar-refractivity contribution is 6.30. The van der Waals surface area contributed by atoms with E-state index in [1.807, 2.05) is 53.3 Å². The van der Waals surface area contributed by atoms with Crippen molar-refractivity contribution in [1.29, 1.82) is 0 Å². The van der Waals surface area contributed by atoms with Gasteiger partial charge in [-0.2, -0.15) is 0 Å². The third kappa shape index (κ3) is 4.35. The Morgan fingerprint density at radius 1 is 1.07 bits per heavy atom. The number of benzene rings is 1. The van der Waals surface area contributed by atoms with E-state index in [1.165, 1.54) is 0 Å². The lowest BCUT2D eigenvalue weighted by Crippen LogP contribution is -2.30. The summed E-state index contributed by atoms with van der Waals surface area (Å²) in [4.78, 5) is 17.8. The first kappa shape index (κ1) is 18.9. The third-order valence-electron chi connectivity index (χ3n) is 4.25. The maximum atomic E-state index is 6.07. The van der Waals surface area contributed by atoms with Crippen LogP contribution in [0.15, 0.2) is 73.6 Å². The zero-order valence-corrected chi connectivity index (χ0v) is 16.7. The van der Waals surface area contributed by atoms with Gasteiger partial charge in [-0.15, -0.1) is 0 Å². The van der Waals surface area contributed by atoms with E-state index in [9.17, 15) is 0 Å². The molecule has 3 heterocycles. The molecule has 0 atom stereocenters. The van der Waals surface area contributed by atoms with Crippen LogP contribution in [0.25, 0.3) is 11.3 Å². The van der Waals surface area contributed by atoms with Crippen LogP contribution in [0.2, 0.25) is 5.02 Å². The highest BCUT2D eigenvalue weighted by atomic mass is 35.5. The minimum absolute atomic E-state index is 0.490. The van der Waals surface area contributed by atoms with Crippen LogP contribution in [0.4, 0.5) is 17.5 Å². The Labute approximate surface area is 174 Å². The van der Waals surface area contributed by atoms with Gasteiger partial charge in [0.05, 0.1) is 5.69 Å². The summed E-state index contributed by atoms with van der Waals surface area (Å²) in [5.74, 6) is 1.30. The molecule has 0 unspecified atom stereocenters. The molecule has 0 aliphatic carbocycles. The summed E-state index contributed by atoms with van der Waals surface area (Å²) < 4.78 is 1.93. The van der Waals surface area contributed by atoms with Gasteiger partial charge >= 0.3 is 0 Å². The summed E-state index contributed by atoms with van der Waals surface area (Å²) in [6, 6.07) is 13.2. The quantitative estimate of drug-likeness (QED) is 0.475. The second-order valence-corrected chi connectivity index (χ2v) is 6.78. The van der Waals surface area contributed by atoms with Crippen molar-refractivity contribution < 1.29 is 0 Å². The Kier molecular flexibility index (Phi) is 5.67. The average molecular weight is 406 g/mol. The SMILES string of the molecule is CCCN(c1ncccc1-c1ccnc(Nc2cccc(Cl)c2)n1)n1ccnc1. The number of pyridine rings is 1. The van der Waals surface area contributed by atoms with E-state index in [4.69, 9.17) is 16.6 Å². The number of nitrogens with zero attached hydrogens (tertiary/aromatic N) is 6. The van der Waals surface area contributed by atoms with Gasteiger partial charge in [0.25, 0.3) is 0 Å². The van der Waals surface area contributed by atoms with Gasteiger partial charge in [0.1, 0.15) is 6.33 Å². The van der Waals surface area contributed by atoms with Crippen molar-refractivity contribution in [2.45, 2.75) is 13.3 Å². The smallest absolute Gasteiger partial charge is 0.227 e. The maximum Gasteiger partial charge on any atom is 0.227 e. The monoisotopic (exact) mass is 405 g/mol. The zero-order valence-electron chi connectivity index (χ0n) is 15.9. The van der Waals surface area contributed by atoms with Crippen molar-refractivity contribution in [3.8, 4) is 11.3 Å². The Hall–Kier alpha value is -3.45. The zero-order chi connectivity index (χ0) is 20.1. The van der Waals surface area contributed by atoms with Gasteiger partial charge in [-0.05, 0) is 42.8 Å². The van der Waals surface area contributed by atoms with E-state index in [0.29, 0.717) is 11.0 Å². The fourth-order valence-electron chi connectivity index (χ4n) is 3.00. The molecule has 8 heteroatoms. The van der Waals surface area contributed by atoms with Gasteiger partial charge in [0.2, 0.25) is 5.95 Å². The van der Waals surface area contributed by atoms with Crippen molar-refractivity contribution >= 4 is 29.1 Å². The van der Waals surface area contributed by atoms with Crippen LogP contribution in [0.1, 0.15) is 13.3 Å². The summed E-state index contributed by atoms with van der Waals surface area (Å²) in [7, 11) is 0. The molecular formula is C21H20ClN7. The third-order valence-corrected chi connectivity index (χ3v) is 4.48. The van der Waals surface area contributed by atoms with E-state index < -0.39 is 0 Å². The molecule has 1 aromatic carbocycles. The second-order valence-electron chi connectivity index (χ2n) is 6.34. The molecule has 0 aliphatic heterocycles. The number of anilines is 3. The summed E-state index contributed by atoms with van der Waals surface area (Å²) in [6.07, 6.45) is 9.89. The number of halogens is 1. The molecule has 0 spiro atoms. The second kappa shape index (κ2) is 8.70. The van der Waals surface area contributed by atoms with Crippen molar-refractivity contribution in [3.63, 3.8) is 0 Å². The van der Waals surface area contributed by atoms with Crippen molar-refractivity contribution in [3.05, 3.63) is 78.6 Å². The minimum atomic E-state index is 0.490. The van der Waals surface area contributed by atoms with Crippen LogP contribution in [0, 0.1) is 0 Å². The predicted molar refractivity (Wildman–Crippen MR) is 115 cm³/mol. The number of hydrogen-bond acceptors (Lipinski definition) is 6. The first-order valence-corrected chi connectivity index (χ1v) is 9.69. The Balaban J connectivity index is 1.70. The molecule has 7 nitrogen and oxygen atoms in total. The molecule has 0 saturated carbocycles. The summed E-state index contributed by atoms with van der Waals surface area (Å²) in [5, 5.41) is 5.93. The largest absolute Gasteiger partial charge is 0.324 e. The first-order chi connectivity index (χ1) is 14.2. The Bertz CT molecular complexity index is 1080. The van der Waals surface area contributed by atoms with E-state index in [0.717, 1.165) is 35.7 Å². The van der Waals surface area contributed by atoms with E-state index >= 15 is 0 Å². The van der Waals surface area contributed by atoms with Crippen molar-refractivity contribution in [2.75, 3.05) is 16.9 Å². The molecule has 0 aliphatic rings. The van der Waals surface area contributed by atoms with E-state index in [2.05, 4.69) is 32.2 Å². The van der Waals surface area contributed by atoms with E-state index in [1.54, 1.807) is 24.9 Å². The molecule has 4 rings (SSSR count). The number of nitrogens with one attached hydrogen (secondary N) is 1. The van der Waals surface area contributed by atoms with Crippen LogP contribution in [-0.2, 0) is 0 Å². The van der Waals surface area contributed by atoms with E-state index in [-0.39, 0.29) is 0 Å². The first-order valence-electron chi connectivity index (χ1n) is 9.31. The minimum Gasteiger partial charge on any atom is -0.324 e. The standard InChI is InChI=1S/C21H20ClN7/c1-2-12-29(28-13-11-23-15-28)20-18(7-4-9-24-20)19-8-10-25-21(27-19)26-17-6-3-5-16(22)14-17/h3-11,13-15H,2,12H2,1H3,(H,25,26,27). The van der Waals surface area contributed by atoms with Crippen LogP contribution in [0.3, 0.4) is 0 Å². The maximum absolute atomic E-state index is 6.07. The molecule has 0 saturated heterocycles. The molecule has 0 amide bonds. The summed E-state index contributed by atoms with van der Waals surface area (Å²) >= 11 is 6.07. The molecule has 29 heavy (non-hydrogen) atoms. The Morgan fingerprint density at radius 2 is 2.00 bits per heavy atom. The van der Waals surface area contributed by atoms with Crippen molar-refractivity contribution in [2.24, 2.45) is 0 Å². The molecule has 3 aromatic heterocycles. The molecule has 4 aromatic rings. The molecule has 0 radical (unpaired) electrons. The molecule has 0 fully saturated rings. The van der Waals surface area contributed by atoms with Gasteiger partial charge in [0.15, 0.2) is 5.82 Å². The van der Waals surface area contributed by atoms with Crippen molar-refractivity contribution in [1.82, 2.24) is 24.6 Å². The molecule has 1 N–H and O–H groups in total. The van der Waals surface area contributed by atoms with Gasteiger partial charge in [-0.25, -0.2) is 24.6 Å². The Morgan fingerprint density at radius 3 is 2.79 bits per heavy atom. The van der Waals surface area contributed by atoms with Gasteiger partial charge in [-0.1, -0.05) is 24.6 Å².